The first kappa shape index (κ1) is 14.3. The molecule has 1 aromatic rings. The van der Waals surface area contributed by atoms with Crippen LogP contribution >= 0.6 is 0 Å². The molecule has 0 aliphatic heterocycles. The Balaban J connectivity index is 1.98. The lowest BCUT2D eigenvalue weighted by Gasteiger charge is -2.13. The lowest BCUT2D eigenvalue weighted by Crippen LogP contribution is -2.17. The van der Waals surface area contributed by atoms with Gasteiger partial charge in [0.25, 0.3) is 0 Å². The molecule has 1 aromatic carbocycles. The predicted octanol–water partition coefficient (Wildman–Crippen LogP) is 2.81. The number of aryl methyl sites for hydroxylation is 2. The van der Waals surface area contributed by atoms with Crippen LogP contribution in [0.2, 0.25) is 0 Å². The first-order valence-corrected chi connectivity index (χ1v) is 8.02. The third kappa shape index (κ3) is 3.90. The van der Waals surface area contributed by atoms with Gasteiger partial charge >= 0.3 is 5.97 Å². The molecule has 19 heavy (non-hydrogen) atoms. The van der Waals surface area contributed by atoms with Crippen LogP contribution in [0.4, 0.5) is 0 Å². The fourth-order valence-electron chi connectivity index (χ4n) is 2.39. The zero-order valence-corrected chi connectivity index (χ0v) is 12.3. The van der Waals surface area contributed by atoms with Crippen molar-refractivity contribution in [3.8, 4) is 0 Å². The molecule has 1 aliphatic rings. The smallest absolute Gasteiger partial charge is 0.303 e. The number of aliphatic carboxylic acids is 1. The van der Waals surface area contributed by atoms with Gasteiger partial charge < -0.3 is 5.11 Å². The summed E-state index contributed by atoms with van der Waals surface area (Å²) in [4.78, 5) is 10.8. The number of rotatable bonds is 6. The Morgan fingerprint density at radius 3 is 2.63 bits per heavy atom. The van der Waals surface area contributed by atoms with Crippen molar-refractivity contribution in [1.82, 2.24) is 0 Å². The predicted molar refractivity (Wildman–Crippen MR) is 76.5 cm³/mol. The van der Waals surface area contributed by atoms with Gasteiger partial charge in [-0.3, -0.25) is 9.00 Å². The third-order valence-electron chi connectivity index (χ3n) is 3.77. The average molecular weight is 280 g/mol. The summed E-state index contributed by atoms with van der Waals surface area (Å²) in [7, 11) is -0.976. The summed E-state index contributed by atoms with van der Waals surface area (Å²) in [6.07, 6.45) is 1.96. The lowest BCUT2D eigenvalue weighted by atomic mass is 10.1. The molecule has 3 nitrogen and oxygen atoms in total. The van der Waals surface area contributed by atoms with Crippen LogP contribution in [0, 0.1) is 19.3 Å². The highest BCUT2D eigenvalue weighted by molar-refractivity contribution is 7.84. The van der Waals surface area contributed by atoms with Crippen molar-refractivity contribution >= 4 is 16.8 Å². The molecule has 0 spiro atoms. The minimum Gasteiger partial charge on any atom is -0.481 e. The number of benzene rings is 1. The molecule has 4 heteroatoms. The Labute approximate surface area is 116 Å². The second-order valence-corrected chi connectivity index (χ2v) is 7.19. The number of carboxylic acids is 1. The average Bonchev–Trinajstić information content (AvgIpc) is 3.01. The Morgan fingerprint density at radius 1 is 1.37 bits per heavy atom. The molecule has 1 unspecified atom stereocenters. The summed E-state index contributed by atoms with van der Waals surface area (Å²) in [5, 5.41) is 8.87. The largest absolute Gasteiger partial charge is 0.481 e. The van der Waals surface area contributed by atoms with E-state index in [9.17, 15) is 9.00 Å². The summed E-state index contributed by atoms with van der Waals surface area (Å²) in [5.41, 5.74) is 3.25. The van der Waals surface area contributed by atoms with Gasteiger partial charge in [0, 0.05) is 22.3 Å². The quantitative estimate of drug-likeness (QED) is 0.871. The molecule has 1 atom stereocenters. The fraction of sp³-hybridized carbons (Fsp3) is 0.533. The number of hydrogen-bond acceptors (Lipinski definition) is 2. The van der Waals surface area contributed by atoms with E-state index in [1.807, 2.05) is 19.9 Å². The summed E-state index contributed by atoms with van der Waals surface area (Å²) in [6.45, 7) is 4.05. The van der Waals surface area contributed by atoms with Gasteiger partial charge in [-0.2, -0.15) is 0 Å². The first-order valence-electron chi connectivity index (χ1n) is 6.53. The topological polar surface area (TPSA) is 54.4 Å². The van der Waals surface area contributed by atoms with Gasteiger partial charge in [-0.05, 0) is 43.2 Å². The van der Waals surface area contributed by atoms with Crippen molar-refractivity contribution < 1.29 is 14.1 Å². The van der Waals surface area contributed by atoms with Gasteiger partial charge in [0.05, 0.1) is 6.42 Å². The Morgan fingerprint density at radius 2 is 2.05 bits per heavy atom. The van der Waals surface area contributed by atoms with Crippen LogP contribution in [0.3, 0.4) is 0 Å². The van der Waals surface area contributed by atoms with Crippen LogP contribution in [0.25, 0.3) is 0 Å². The van der Waals surface area contributed by atoms with Crippen LogP contribution < -0.4 is 0 Å². The van der Waals surface area contributed by atoms with E-state index in [1.165, 1.54) is 5.56 Å². The molecule has 0 saturated heterocycles. The molecule has 1 fully saturated rings. The van der Waals surface area contributed by atoms with Crippen LogP contribution in [0.15, 0.2) is 18.2 Å². The maximum Gasteiger partial charge on any atom is 0.303 e. The van der Waals surface area contributed by atoms with Crippen molar-refractivity contribution in [2.75, 3.05) is 5.75 Å². The Kier molecular flexibility index (Phi) is 4.09. The second-order valence-electron chi connectivity index (χ2n) is 5.73. The standard InChI is InChI=1S/C15H20O3S/c1-11-3-4-12(2)13(7-11)9-19(18)10-15(5-6-15)8-14(16)17/h3-4,7H,5-6,8-10H2,1-2H3,(H,16,17). The number of carboxylic acid groups (broad SMARTS) is 1. The highest BCUT2D eigenvalue weighted by Gasteiger charge is 2.45. The fourth-order valence-corrected chi connectivity index (χ4v) is 4.23. The van der Waals surface area contributed by atoms with Crippen LogP contribution in [0.1, 0.15) is 36.0 Å². The zero-order valence-electron chi connectivity index (χ0n) is 11.4. The van der Waals surface area contributed by atoms with E-state index < -0.39 is 16.8 Å². The van der Waals surface area contributed by atoms with Gasteiger partial charge in [-0.15, -0.1) is 0 Å². The van der Waals surface area contributed by atoms with Crippen LogP contribution in [-0.2, 0) is 21.3 Å². The normalized spacial score (nSPS) is 18.0. The molecule has 0 radical (unpaired) electrons. The molecular formula is C15H20O3S. The number of carbonyl (C=O) groups is 1. The van der Waals surface area contributed by atoms with Gasteiger partial charge in [0.15, 0.2) is 0 Å². The lowest BCUT2D eigenvalue weighted by molar-refractivity contribution is -0.138. The highest BCUT2D eigenvalue weighted by atomic mass is 32.2. The molecule has 1 aliphatic carbocycles. The Hall–Kier alpha value is -1.16. The summed E-state index contributed by atoms with van der Waals surface area (Å²) < 4.78 is 12.2. The van der Waals surface area contributed by atoms with Gasteiger partial charge in [-0.1, -0.05) is 23.8 Å². The van der Waals surface area contributed by atoms with Crippen molar-refractivity contribution in [2.45, 2.75) is 38.9 Å². The van der Waals surface area contributed by atoms with E-state index >= 15 is 0 Å². The molecule has 104 valence electrons. The third-order valence-corrected chi connectivity index (χ3v) is 5.34. The summed E-state index contributed by atoms with van der Waals surface area (Å²) in [5.74, 6) is 0.280. The molecule has 0 amide bonds. The molecule has 0 heterocycles. The van der Waals surface area contributed by atoms with E-state index in [1.54, 1.807) is 0 Å². The maximum absolute atomic E-state index is 12.2. The molecule has 1 N–H and O–H groups in total. The van der Waals surface area contributed by atoms with E-state index in [4.69, 9.17) is 5.11 Å². The van der Waals surface area contributed by atoms with Crippen molar-refractivity contribution in [1.29, 1.82) is 0 Å². The summed E-state index contributed by atoms with van der Waals surface area (Å²) in [6, 6.07) is 6.17. The van der Waals surface area contributed by atoms with Gasteiger partial charge in [0.1, 0.15) is 0 Å². The first-order chi connectivity index (χ1) is 8.90. The van der Waals surface area contributed by atoms with E-state index in [0.29, 0.717) is 11.5 Å². The molecular weight excluding hydrogens is 260 g/mol. The van der Waals surface area contributed by atoms with Crippen LogP contribution in [-0.4, -0.2) is 21.0 Å². The minimum atomic E-state index is -0.976. The molecule has 0 aromatic heterocycles. The highest BCUT2D eigenvalue weighted by Crippen LogP contribution is 2.49. The molecule has 0 bridgehead atoms. The monoisotopic (exact) mass is 280 g/mol. The SMILES string of the molecule is Cc1ccc(C)c(CS(=O)CC2(CC(=O)O)CC2)c1. The van der Waals surface area contributed by atoms with Crippen molar-refractivity contribution in [3.05, 3.63) is 34.9 Å². The maximum atomic E-state index is 12.2. The summed E-state index contributed by atoms with van der Waals surface area (Å²) >= 11 is 0. The Bertz CT molecular complexity index is 518. The minimum absolute atomic E-state index is 0.158. The van der Waals surface area contributed by atoms with Gasteiger partial charge in [-0.25, -0.2) is 0 Å². The van der Waals surface area contributed by atoms with Crippen LogP contribution in [0.5, 0.6) is 0 Å². The van der Waals surface area contributed by atoms with E-state index in [0.717, 1.165) is 24.0 Å². The number of hydrogen-bond donors (Lipinski definition) is 1. The molecule has 1 saturated carbocycles. The second kappa shape index (κ2) is 5.45. The van der Waals surface area contributed by atoms with Crippen molar-refractivity contribution in [2.24, 2.45) is 5.41 Å². The van der Waals surface area contributed by atoms with Gasteiger partial charge in [0.2, 0.25) is 0 Å². The zero-order chi connectivity index (χ0) is 14.0. The van der Waals surface area contributed by atoms with E-state index in [-0.39, 0.29) is 11.8 Å². The van der Waals surface area contributed by atoms with Crippen molar-refractivity contribution in [3.63, 3.8) is 0 Å². The molecule has 2 rings (SSSR count). The van der Waals surface area contributed by atoms with E-state index in [2.05, 4.69) is 12.1 Å².